The van der Waals surface area contributed by atoms with E-state index in [0.717, 1.165) is 0 Å². The summed E-state index contributed by atoms with van der Waals surface area (Å²) in [6.45, 7) is 3.40. The van der Waals surface area contributed by atoms with E-state index in [1.807, 2.05) is 0 Å². The van der Waals surface area contributed by atoms with Crippen molar-refractivity contribution < 1.29 is 4.39 Å². The van der Waals surface area contributed by atoms with Crippen molar-refractivity contribution in [3.05, 3.63) is 65.9 Å². The lowest BCUT2D eigenvalue weighted by Gasteiger charge is -2.09. The molecule has 2 rings (SSSR count). The van der Waals surface area contributed by atoms with Crippen molar-refractivity contribution in [2.75, 3.05) is 0 Å². The first-order valence-corrected chi connectivity index (χ1v) is 6.43. The first-order valence-electron chi connectivity index (χ1n) is 5.64. The molecular weight excluding hydrogens is 315 g/mol. The standard InChI is InChI=1S/C13H12BrFN2O2/c1-7-8(2)13(19)17(16-12(7)18)6-9-3-4-10(15)5-11(9)14/h3-5H,6H2,1-2H3,(H,16,18). The van der Waals surface area contributed by atoms with Gasteiger partial charge >= 0.3 is 0 Å². The predicted octanol–water partition coefficient (Wildman–Crippen LogP) is 2.10. The third-order valence-corrected chi connectivity index (χ3v) is 3.79. The number of aromatic nitrogens is 2. The summed E-state index contributed by atoms with van der Waals surface area (Å²) >= 11 is 3.23. The number of rotatable bonds is 2. The molecule has 0 saturated heterocycles. The minimum Gasteiger partial charge on any atom is -0.268 e. The van der Waals surface area contributed by atoms with Gasteiger partial charge in [0.25, 0.3) is 11.1 Å². The summed E-state index contributed by atoms with van der Waals surface area (Å²) < 4.78 is 14.8. The van der Waals surface area contributed by atoms with Crippen molar-refractivity contribution in [3.8, 4) is 0 Å². The Balaban J connectivity index is 2.50. The smallest absolute Gasteiger partial charge is 0.268 e. The van der Waals surface area contributed by atoms with Gasteiger partial charge in [-0.15, -0.1) is 0 Å². The van der Waals surface area contributed by atoms with E-state index in [1.165, 1.54) is 16.8 Å². The molecule has 2 aromatic rings. The highest BCUT2D eigenvalue weighted by atomic mass is 79.9. The molecule has 1 N–H and O–H groups in total. The predicted molar refractivity (Wildman–Crippen MR) is 74.0 cm³/mol. The first kappa shape index (κ1) is 13.7. The molecule has 0 bridgehead atoms. The molecule has 0 aliphatic rings. The van der Waals surface area contributed by atoms with Crippen LogP contribution in [0.2, 0.25) is 0 Å². The quantitative estimate of drug-likeness (QED) is 0.918. The monoisotopic (exact) mass is 326 g/mol. The van der Waals surface area contributed by atoms with Crippen LogP contribution in [-0.2, 0) is 6.54 Å². The second-order valence-corrected chi connectivity index (χ2v) is 5.17. The Morgan fingerprint density at radius 1 is 1.26 bits per heavy atom. The first-order chi connectivity index (χ1) is 8.90. The number of nitrogens with one attached hydrogen (secondary N) is 1. The molecule has 4 nitrogen and oxygen atoms in total. The van der Waals surface area contributed by atoms with Crippen LogP contribution >= 0.6 is 15.9 Å². The zero-order valence-corrected chi connectivity index (χ0v) is 12.0. The van der Waals surface area contributed by atoms with E-state index in [-0.39, 0.29) is 23.5 Å². The minimum absolute atomic E-state index is 0.177. The van der Waals surface area contributed by atoms with E-state index in [2.05, 4.69) is 21.0 Å². The van der Waals surface area contributed by atoms with Crippen LogP contribution in [0.3, 0.4) is 0 Å². The molecule has 0 aliphatic heterocycles. The van der Waals surface area contributed by atoms with Gasteiger partial charge in [0.15, 0.2) is 0 Å². The number of halogens is 2. The lowest BCUT2D eigenvalue weighted by molar-refractivity contribution is 0.607. The Bertz CT molecular complexity index is 749. The van der Waals surface area contributed by atoms with E-state index in [4.69, 9.17) is 0 Å². The molecule has 0 spiro atoms. The molecule has 0 unspecified atom stereocenters. The molecule has 0 saturated carbocycles. The summed E-state index contributed by atoms with van der Waals surface area (Å²) in [4.78, 5) is 23.7. The van der Waals surface area contributed by atoms with Gasteiger partial charge in [0.05, 0.1) is 6.54 Å². The van der Waals surface area contributed by atoms with Crippen LogP contribution in [0.4, 0.5) is 4.39 Å². The number of hydrogen-bond donors (Lipinski definition) is 1. The molecule has 0 amide bonds. The lowest BCUT2D eigenvalue weighted by atomic mass is 10.2. The second kappa shape index (κ2) is 5.13. The topological polar surface area (TPSA) is 54.9 Å². The fourth-order valence-electron chi connectivity index (χ4n) is 1.72. The number of nitrogens with zero attached hydrogens (tertiary/aromatic N) is 1. The molecule has 6 heteroatoms. The Kier molecular flexibility index (Phi) is 3.71. The van der Waals surface area contributed by atoms with Crippen LogP contribution in [0.15, 0.2) is 32.3 Å². The molecule has 1 heterocycles. The van der Waals surface area contributed by atoms with Crippen molar-refractivity contribution in [2.24, 2.45) is 0 Å². The van der Waals surface area contributed by atoms with Gasteiger partial charge < -0.3 is 0 Å². The number of benzene rings is 1. The largest absolute Gasteiger partial charge is 0.268 e. The highest BCUT2D eigenvalue weighted by Gasteiger charge is 2.09. The average Bonchev–Trinajstić information content (AvgIpc) is 2.36. The van der Waals surface area contributed by atoms with E-state index < -0.39 is 0 Å². The highest BCUT2D eigenvalue weighted by Crippen LogP contribution is 2.18. The van der Waals surface area contributed by atoms with Crippen LogP contribution in [0.25, 0.3) is 0 Å². The molecule has 19 heavy (non-hydrogen) atoms. The molecule has 1 aromatic heterocycles. The molecule has 0 atom stereocenters. The maximum Gasteiger partial charge on any atom is 0.268 e. The number of aromatic amines is 1. The third kappa shape index (κ3) is 2.68. The average molecular weight is 327 g/mol. The van der Waals surface area contributed by atoms with Crippen molar-refractivity contribution in [1.82, 2.24) is 9.78 Å². The van der Waals surface area contributed by atoms with Gasteiger partial charge in [0.1, 0.15) is 5.82 Å². The second-order valence-electron chi connectivity index (χ2n) is 4.32. The highest BCUT2D eigenvalue weighted by molar-refractivity contribution is 9.10. The van der Waals surface area contributed by atoms with Gasteiger partial charge in [-0.2, -0.15) is 0 Å². The zero-order valence-electron chi connectivity index (χ0n) is 10.5. The Hall–Kier alpha value is -1.69. The van der Waals surface area contributed by atoms with Gasteiger partial charge in [0.2, 0.25) is 0 Å². The normalized spacial score (nSPS) is 10.7. The third-order valence-electron chi connectivity index (χ3n) is 3.05. The van der Waals surface area contributed by atoms with Gasteiger partial charge in [0, 0.05) is 15.6 Å². The molecular formula is C13H12BrFN2O2. The summed E-state index contributed by atoms with van der Waals surface area (Å²) in [6.07, 6.45) is 0. The molecule has 0 radical (unpaired) electrons. The van der Waals surface area contributed by atoms with Crippen LogP contribution in [0.5, 0.6) is 0 Å². The fraction of sp³-hybridized carbons (Fsp3) is 0.231. The summed E-state index contributed by atoms with van der Waals surface area (Å²) in [5.74, 6) is -0.364. The van der Waals surface area contributed by atoms with Crippen molar-refractivity contribution in [3.63, 3.8) is 0 Å². The SMILES string of the molecule is Cc1c(C)c(=O)n(Cc2ccc(F)cc2Br)[nH]c1=O. The van der Waals surface area contributed by atoms with Gasteiger partial charge in [-0.05, 0) is 31.5 Å². The van der Waals surface area contributed by atoms with Crippen molar-refractivity contribution in [2.45, 2.75) is 20.4 Å². The fourth-order valence-corrected chi connectivity index (χ4v) is 2.20. The van der Waals surface area contributed by atoms with Gasteiger partial charge in [-0.25, -0.2) is 9.07 Å². The maximum atomic E-state index is 13.0. The summed E-state index contributed by atoms with van der Waals surface area (Å²) in [5, 5.41) is 2.51. The van der Waals surface area contributed by atoms with E-state index in [9.17, 15) is 14.0 Å². The summed E-state index contributed by atoms with van der Waals surface area (Å²) in [5.41, 5.74) is 0.993. The molecule has 100 valence electrons. The number of H-pyrrole nitrogens is 1. The van der Waals surface area contributed by atoms with Crippen LogP contribution in [-0.4, -0.2) is 9.78 Å². The van der Waals surface area contributed by atoms with E-state index >= 15 is 0 Å². The van der Waals surface area contributed by atoms with Crippen molar-refractivity contribution >= 4 is 15.9 Å². The van der Waals surface area contributed by atoms with Crippen molar-refractivity contribution in [1.29, 1.82) is 0 Å². The maximum absolute atomic E-state index is 13.0. The van der Waals surface area contributed by atoms with Crippen LogP contribution in [0, 0.1) is 19.7 Å². The minimum atomic E-state index is -0.364. The summed E-state index contributed by atoms with van der Waals surface area (Å²) in [7, 11) is 0. The Labute approximate surface area is 117 Å². The van der Waals surface area contributed by atoms with Crippen LogP contribution < -0.4 is 11.1 Å². The van der Waals surface area contributed by atoms with Gasteiger partial charge in [-0.3, -0.25) is 14.7 Å². The lowest BCUT2D eigenvalue weighted by Crippen LogP contribution is -2.33. The van der Waals surface area contributed by atoms with E-state index in [1.54, 1.807) is 19.9 Å². The Morgan fingerprint density at radius 3 is 2.58 bits per heavy atom. The Morgan fingerprint density at radius 2 is 1.95 bits per heavy atom. The molecule has 1 aromatic carbocycles. The number of hydrogen-bond acceptors (Lipinski definition) is 2. The van der Waals surface area contributed by atoms with E-state index in [0.29, 0.717) is 21.2 Å². The van der Waals surface area contributed by atoms with Crippen LogP contribution in [0.1, 0.15) is 16.7 Å². The molecule has 0 aliphatic carbocycles. The summed E-state index contributed by atoms with van der Waals surface area (Å²) in [6, 6.07) is 4.20. The zero-order chi connectivity index (χ0) is 14.2. The van der Waals surface area contributed by atoms with Gasteiger partial charge in [-0.1, -0.05) is 22.0 Å². The molecule has 0 fully saturated rings.